The van der Waals surface area contributed by atoms with Crippen LogP contribution in [0.25, 0.3) is 0 Å². The lowest BCUT2D eigenvalue weighted by Gasteiger charge is -1.95. The van der Waals surface area contributed by atoms with Gasteiger partial charge in [-0.3, -0.25) is 8.57 Å². The van der Waals surface area contributed by atoms with Crippen LogP contribution in [0.15, 0.2) is 10.3 Å². The zero-order valence-corrected chi connectivity index (χ0v) is 9.35. The van der Waals surface area contributed by atoms with Gasteiger partial charge in [0.25, 0.3) is 0 Å². The van der Waals surface area contributed by atoms with E-state index in [4.69, 9.17) is 8.57 Å². The first kappa shape index (κ1) is 12.3. The SMILES string of the molecule is CC/C(C)=N\OSO/N=C(\C)CC. The molecule has 0 saturated carbocycles. The first-order valence-corrected chi connectivity index (χ1v) is 4.93. The maximum absolute atomic E-state index is 4.76. The lowest BCUT2D eigenvalue weighted by molar-refractivity contribution is 0.307. The van der Waals surface area contributed by atoms with E-state index >= 15 is 0 Å². The molecule has 0 fully saturated rings. The zero-order valence-electron chi connectivity index (χ0n) is 8.53. The van der Waals surface area contributed by atoms with Gasteiger partial charge in [-0.2, -0.15) is 0 Å². The van der Waals surface area contributed by atoms with Crippen molar-refractivity contribution in [3.63, 3.8) is 0 Å². The standard InChI is InChI=1S/C8H16N2O2S/c1-5-7(3)9-11-13-12-10-8(4)6-2/h5-6H2,1-4H3/b9-7-,10-8+. The summed E-state index contributed by atoms with van der Waals surface area (Å²) < 4.78 is 9.51. The number of rotatable bonds is 6. The molecule has 0 bridgehead atoms. The molecule has 0 aliphatic carbocycles. The Hall–Kier alpha value is -0.710. The Balaban J connectivity index is 3.47. The van der Waals surface area contributed by atoms with Crippen molar-refractivity contribution >= 4 is 23.7 Å². The highest BCUT2D eigenvalue weighted by molar-refractivity contribution is 7.89. The van der Waals surface area contributed by atoms with Crippen LogP contribution < -0.4 is 0 Å². The summed E-state index contributed by atoms with van der Waals surface area (Å²) in [6, 6.07) is 0. The Morgan fingerprint density at radius 1 is 1.00 bits per heavy atom. The van der Waals surface area contributed by atoms with Gasteiger partial charge in [0.1, 0.15) is 0 Å². The summed E-state index contributed by atoms with van der Waals surface area (Å²) in [6.45, 7) is 7.79. The maximum atomic E-state index is 4.76. The quantitative estimate of drug-likeness (QED) is 0.289. The monoisotopic (exact) mass is 204 g/mol. The highest BCUT2D eigenvalue weighted by atomic mass is 32.2. The second-order valence-corrected chi connectivity index (χ2v) is 3.01. The van der Waals surface area contributed by atoms with Gasteiger partial charge in [0.15, 0.2) is 0 Å². The number of hydrogen-bond donors (Lipinski definition) is 0. The third-order valence-electron chi connectivity index (χ3n) is 1.47. The van der Waals surface area contributed by atoms with E-state index in [1.54, 1.807) is 0 Å². The smallest absolute Gasteiger partial charge is 0.277 e. The summed E-state index contributed by atoms with van der Waals surface area (Å²) in [5.41, 5.74) is 1.85. The van der Waals surface area contributed by atoms with Crippen LogP contribution in [0.4, 0.5) is 0 Å². The molecule has 0 amide bonds. The van der Waals surface area contributed by atoms with Crippen molar-refractivity contribution in [2.24, 2.45) is 10.3 Å². The Kier molecular flexibility index (Phi) is 7.48. The minimum Gasteiger partial charge on any atom is -0.277 e. The molecule has 0 aromatic rings. The Bertz CT molecular complexity index is 173. The van der Waals surface area contributed by atoms with Crippen LogP contribution in [0.3, 0.4) is 0 Å². The van der Waals surface area contributed by atoms with Gasteiger partial charge >= 0.3 is 12.3 Å². The predicted octanol–water partition coefficient (Wildman–Crippen LogP) is 3.15. The average Bonchev–Trinajstić information content (AvgIpc) is 2.16. The molecule has 0 N–H and O–H groups in total. The summed E-state index contributed by atoms with van der Waals surface area (Å²) in [4.78, 5) is 0. The molecule has 0 aromatic heterocycles. The maximum Gasteiger partial charge on any atom is 0.342 e. The average molecular weight is 204 g/mol. The van der Waals surface area contributed by atoms with Gasteiger partial charge in [0, 0.05) is 0 Å². The minimum absolute atomic E-state index is 0.766. The molecule has 0 atom stereocenters. The molecular formula is C8H16N2O2S. The fourth-order valence-corrected chi connectivity index (χ4v) is 0.643. The number of hydrogen-bond acceptors (Lipinski definition) is 5. The molecule has 4 nitrogen and oxygen atoms in total. The van der Waals surface area contributed by atoms with E-state index in [2.05, 4.69) is 10.3 Å². The normalized spacial score (nSPS) is 12.9. The summed E-state index contributed by atoms with van der Waals surface area (Å²) in [5, 5.41) is 7.50. The van der Waals surface area contributed by atoms with Crippen molar-refractivity contribution in [1.29, 1.82) is 0 Å². The Morgan fingerprint density at radius 3 is 1.69 bits per heavy atom. The first-order valence-electron chi connectivity index (χ1n) is 4.27. The van der Waals surface area contributed by atoms with Crippen LogP contribution in [0.2, 0.25) is 0 Å². The third-order valence-corrected chi connectivity index (χ3v) is 1.74. The third kappa shape index (κ3) is 7.64. The summed E-state index contributed by atoms with van der Waals surface area (Å²) in [7, 11) is 0. The van der Waals surface area contributed by atoms with E-state index in [0.29, 0.717) is 0 Å². The van der Waals surface area contributed by atoms with Crippen molar-refractivity contribution < 1.29 is 8.57 Å². The van der Waals surface area contributed by atoms with Gasteiger partial charge in [-0.05, 0) is 26.7 Å². The second-order valence-electron chi connectivity index (χ2n) is 2.58. The van der Waals surface area contributed by atoms with Crippen LogP contribution in [0.1, 0.15) is 40.5 Å². The molecule has 0 unspecified atom stereocenters. The van der Waals surface area contributed by atoms with Crippen LogP contribution in [0.5, 0.6) is 0 Å². The minimum atomic E-state index is 0.766. The topological polar surface area (TPSA) is 43.2 Å². The molecule has 0 aliphatic rings. The van der Waals surface area contributed by atoms with Crippen LogP contribution >= 0.6 is 12.3 Å². The van der Waals surface area contributed by atoms with Gasteiger partial charge in [-0.1, -0.05) is 24.2 Å². The fraction of sp³-hybridized carbons (Fsp3) is 0.750. The zero-order chi connectivity index (χ0) is 10.1. The summed E-state index contributed by atoms with van der Waals surface area (Å²) >= 11 is 0.766. The van der Waals surface area contributed by atoms with E-state index in [1.807, 2.05) is 27.7 Å². The summed E-state index contributed by atoms with van der Waals surface area (Å²) in [5.74, 6) is 0. The van der Waals surface area contributed by atoms with Crippen molar-refractivity contribution in [1.82, 2.24) is 0 Å². The van der Waals surface area contributed by atoms with Gasteiger partial charge in [-0.15, -0.1) is 0 Å². The highest BCUT2D eigenvalue weighted by Gasteiger charge is 1.90. The molecule has 0 saturated heterocycles. The van der Waals surface area contributed by atoms with Crippen LogP contribution in [0, 0.1) is 0 Å². The second kappa shape index (κ2) is 7.91. The fourth-order valence-electron chi connectivity index (χ4n) is 0.300. The van der Waals surface area contributed by atoms with E-state index < -0.39 is 0 Å². The van der Waals surface area contributed by atoms with Gasteiger partial charge in [0.05, 0.1) is 11.4 Å². The van der Waals surface area contributed by atoms with Crippen molar-refractivity contribution in [3.8, 4) is 0 Å². The Labute approximate surface area is 83.8 Å². The van der Waals surface area contributed by atoms with Gasteiger partial charge in [0.2, 0.25) is 0 Å². The van der Waals surface area contributed by atoms with E-state index in [9.17, 15) is 0 Å². The van der Waals surface area contributed by atoms with Gasteiger partial charge < -0.3 is 0 Å². The van der Waals surface area contributed by atoms with Crippen LogP contribution in [-0.4, -0.2) is 11.4 Å². The number of oxime groups is 2. The molecule has 0 radical (unpaired) electrons. The molecule has 13 heavy (non-hydrogen) atoms. The molecule has 0 heterocycles. The van der Waals surface area contributed by atoms with E-state index in [-0.39, 0.29) is 0 Å². The predicted molar refractivity (Wildman–Crippen MR) is 56.6 cm³/mol. The molecule has 0 rings (SSSR count). The van der Waals surface area contributed by atoms with E-state index in [0.717, 1.165) is 36.6 Å². The number of nitrogens with zero attached hydrogens (tertiary/aromatic N) is 2. The van der Waals surface area contributed by atoms with Gasteiger partial charge in [-0.25, -0.2) is 0 Å². The summed E-state index contributed by atoms with van der Waals surface area (Å²) in [6.07, 6.45) is 1.75. The van der Waals surface area contributed by atoms with Crippen molar-refractivity contribution in [2.75, 3.05) is 0 Å². The van der Waals surface area contributed by atoms with E-state index in [1.165, 1.54) is 0 Å². The molecule has 76 valence electrons. The van der Waals surface area contributed by atoms with Crippen molar-refractivity contribution in [3.05, 3.63) is 0 Å². The van der Waals surface area contributed by atoms with Crippen molar-refractivity contribution in [2.45, 2.75) is 40.5 Å². The molecular weight excluding hydrogens is 188 g/mol. The molecule has 0 spiro atoms. The Morgan fingerprint density at radius 2 is 1.38 bits per heavy atom. The largest absolute Gasteiger partial charge is 0.342 e. The lowest BCUT2D eigenvalue weighted by atomic mass is 10.3. The van der Waals surface area contributed by atoms with Crippen LogP contribution in [-0.2, 0) is 8.57 Å². The lowest BCUT2D eigenvalue weighted by Crippen LogP contribution is -1.88. The molecule has 5 heteroatoms. The highest BCUT2D eigenvalue weighted by Crippen LogP contribution is 2.06. The molecule has 0 aromatic carbocycles. The first-order chi connectivity index (χ1) is 6.20. The molecule has 0 aliphatic heterocycles.